The Balaban J connectivity index is 1.91. The topological polar surface area (TPSA) is 24.4 Å². The number of nitrogens with one attached hydrogen (secondary N) is 1. The first kappa shape index (κ1) is 15.2. The Kier molecular flexibility index (Phi) is 5.61. The van der Waals surface area contributed by atoms with Gasteiger partial charge in [-0.25, -0.2) is 0 Å². The molecule has 1 unspecified atom stereocenters. The van der Waals surface area contributed by atoms with Crippen molar-refractivity contribution in [3.8, 4) is 0 Å². The summed E-state index contributed by atoms with van der Waals surface area (Å²) in [5.41, 5.74) is 0.300. The molecule has 110 valence electrons. The highest BCUT2D eigenvalue weighted by atomic mass is 32.2. The molecular weight excluding hydrogens is 252 g/mol. The second-order valence-electron chi connectivity index (χ2n) is 7.14. The highest BCUT2D eigenvalue weighted by molar-refractivity contribution is 8.13. The summed E-state index contributed by atoms with van der Waals surface area (Å²) in [7, 11) is 0. The van der Waals surface area contributed by atoms with Crippen molar-refractivity contribution in [1.82, 2.24) is 5.32 Å². The number of amidine groups is 1. The first-order chi connectivity index (χ1) is 9.05. The van der Waals surface area contributed by atoms with Crippen LogP contribution >= 0.6 is 11.8 Å². The molecule has 1 aliphatic carbocycles. The van der Waals surface area contributed by atoms with Crippen LogP contribution in [-0.4, -0.2) is 23.0 Å². The summed E-state index contributed by atoms with van der Waals surface area (Å²) in [4.78, 5) is 4.97. The average molecular weight is 282 g/mol. The number of rotatable bonds is 1. The van der Waals surface area contributed by atoms with Gasteiger partial charge in [-0.3, -0.25) is 4.99 Å². The van der Waals surface area contributed by atoms with E-state index >= 15 is 0 Å². The highest BCUT2D eigenvalue weighted by Crippen LogP contribution is 2.30. The van der Waals surface area contributed by atoms with Gasteiger partial charge in [-0.1, -0.05) is 64.6 Å². The van der Waals surface area contributed by atoms with Crippen molar-refractivity contribution in [2.45, 2.75) is 84.2 Å². The van der Waals surface area contributed by atoms with Crippen molar-refractivity contribution in [1.29, 1.82) is 0 Å². The minimum absolute atomic E-state index is 0.300. The molecule has 0 bridgehead atoms. The van der Waals surface area contributed by atoms with Gasteiger partial charge in [0.25, 0.3) is 0 Å². The van der Waals surface area contributed by atoms with E-state index in [4.69, 9.17) is 4.99 Å². The number of hydrogen-bond donors (Lipinski definition) is 1. The van der Waals surface area contributed by atoms with Crippen molar-refractivity contribution in [3.63, 3.8) is 0 Å². The predicted octanol–water partition coefficient (Wildman–Crippen LogP) is 4.60. The molecule has 0 amide bonds. The second kappa shape index (κ2) is 7.01. The fraction of sp³-hybridized carbons (Fsp3) is 0.938. The molecule has 2 aliphatic rings. The number of aliphatic imine (C=N–C) groups is 1. The van der Waals surface area contributed by atoms with Crippen molar-refractivity contribution < 1.29 is 0 Å². The van der Waals surface area contributed by atoms with Crippen LogP contribution in [0.2, 0.25) is 0 Å². The largest absolute Gasteiger partial charge is 0.362 e. The van der Waals surface area contributed by atoms with Crippen LogP contribution in [0.3, 0.4) is 0 Å². The summed E-state index contributed by atoms with van der Waals surface area (Å²) < 4.78 is 0. The lowest BCUT2D eigenvalue weighted by Crippen LogP contribution is -2.38. The number of thioether (sulfide) groups is 1. The molecule has 1 aliphatic heterocycles. The summed E-state index contributed by atoms with van der Waals surface area (Å²) in [6, 6.07) is 1.16. The molecule has 0 aromatic rings. The monoisotopic (exact) mass is 282 g/mol. The third-order valence-corrected chi connectivity index (χ3v) is 5.27. The fourth-order valence-corrected chi connectivity index (χ4v) is 3.98. The summed E-state index contributed by atoms with van der Waals surface area (Å²) in [5.74, 6) is 1.22. The van der Waals surface area contributed by atoms with Crippen molar-refractivity contribution >= 4 is 16.9 Å². The van der Waals surface area contributed by atoms with Crippen LogP contribution in [0.15, 0.2) is 4.99 Å². The maximum atomic E-state index is 4.97. The first-order valence-electron chi connectivity index (χ1n) is 8.03. The predicted molar refractivity (Wildman–Crippen MR) is 87.0 cm³/mol. The molecule has 1 atom stereocenters. The van der Waals surface area contributed by atoms with Crippen molar-refractivity contribution in [3.05, 3.63) is 0 Å². The van der Waals surface area contributed by atoms with E-state index in [2.05, 4.69) is 26.1 Å². The second-order valence-corrected chi connectivity index (χ2v) is 8.22. The third-order valence-electron chi connectivity index (χ3n) is 4.34. The highest BCUT2D eigenvalue weighted by Gasteiger charge is 2.27. The molecule has 0 aromatic carbocycles. The van der Waals surface area contributed by atoms with Crippen LogP contribution in [0.5, 0.6) is 0 Å². The maximum absolute atomic E-state index is 4.97. The summed E-state index contributed by atoms with van der Waals surface area (Å²) >= 11 is 1.93. The zero-order valence-corrected chi connectivity index (χ0v) is 13.7. The van der Waals surface area contributed by atoms with Crippen LogP contribution < -0.4 is 5.32 Å². The van der Waals surface area contributed by atoms with Gasteiger partial charge in [-0.15, -0.1) is 0 Å². The van der Waals surface area contributed by atoms with Gasteiger partial charge in [-0.05, 0) is 24.7 Å². The van der Waals surface area contributed by atoms with Gasteiger partial charge in [0, 0.05) is 11.8 Å². The zero-order chi connectivity index (χ0) is 13.7. The van der Waals surface area contributed by atoms with Gasteiger partial charge in [0.05, 0.1) is 6.04 Å². The molecule has 3 heteroatoms. The molecule has 2 rings (SSSR count). The smallest absolute Gasteiger partial charge is 0.157 e. The van der Waals surface area contributed by atoms with E-state index in [-0.39, 0.29) is 0 Å². The molecule has 1 fully saturated rings. The van der Waals surface area contributed by atoms with Gasteiger partial charge < -0.3 is 5.32 Å². The standard InChI is InChI=1S/C16H30N2S/c1-16(2,3)14-11-12-19-15(18-14)17-13-9-7-5-4-6-8-10-13/h13-14H,4-12H2,1-3H3,(H,17,18). The van der Waals surface area contributed by atoms with Crippen LogP contribution in [0, 0.1) is 5.41 Å². The van der Waals surface area contributed by atoms with E-state index in [1.54, 1.807) is 0 Å². The van der Waals surface area contributed by atoms with Crippen molar-refractivity contribution in [2.75, 3.05) is 5.75 Å². The summed E-state index contributed by atoms with van der Waals surface area (Å²) in [6.07, 6.45) is 10.9. The Morgan fingerprint density at radius 2 is 1.63 bits per heavy atom. The molecule has 0 radical (unpaired) electrons. The number of nitrogens with zero attached hydrogens (tertiary/aromatic N) is 1. The molecule has 19 heavy (non-hydrogen) atoms. The van der Waals surface area contributed by atoms with Gasteiger partial charge in [-0.2, -0.15) is 0 Å². The zero-order valence-electron chi connectivity index (χ0n) is 12.9. The molecule has 0 spiro atoms. The lowest BCUT2D eigenvalue weighted by Gasteiger charge is -2.32. The molecule has 1 heterocycles. The van der Waals surface area contributed by atoms with Crippen LogP contribution in [0.4, 0.5) is 0 Å². The Labute approximate surface area is 123 Å². The molecular formula is C16H30N2S. The van der Waals surface area contributed by atoms with E-state index in [0.717, 1.165) is 0 Å². The third kappa shape index (κ3) is 5.02. The Bertz CT molecular complexity index is 298. The fourth-order valence-electron chi connectivity index (χ4n) is 2.99. The van der Waals surface area contributed by atoms with E-state index in [9.17, 15) is 0 Å². The molecule has 0 aromatic heterocycles. The lowest BCUT2D eigenvalue weighted by atomic mass is 9.85. The molecule has 1 N–H and O–H groups in total. The Morgan fingerprint density at radius 3 is 2.26 bits per heavy atom. The van der Waals surface area contributed by atoms with Gasteiger partial charge in [0.1, 0.15) is 0 Å². The van der Waals surface area contributed by atoms with Gasteiger partial charge in [0.2, 0.25) is 0 Å². The number of hydrogen-bond acceptors (Lipinski definition) is 3. The lowest BCUT2D eigenvalue weighted by molar-refractivity contribution is 0.314. The van der Waals surface area contributed by atoms with E-state index in [1.165, 1.54) is 62.3 Å². The normalized spacial score (nSPS) is 27.3. The average Bonchev–Trinajstić information content (AvgIpc) is 2.32. The SMILES string of the molecule is CC(C)(C)C1CCSC(NC2CCCCCCC2)=N1. The molecule has 0 saturated heterocycles. The molecule has 1 saturated carbocycles. The first-order valence-corrected chi connectivity index (χ1v) is 9.01. The summed E-state index contributed by atoms with van der Waals surface area (Å²) in [5, 5.41) is 4.96. The molecule has 2 nitrogen and oxygen atoms in total. The van der Waals surface area contributed by atoms with E-state index in [1.807, 2.05) is 11.8 Å². The van der Waals surface area contributed by atoms with Crippen molar-refractivity contribution in [2.24, 2.45) is 10.4 Å². The maximum Gasteiger partial charge on any atom is 0.157 e. The Morgan fingerprint density at radius 1 is 1.00 bits per heavy atom. The van der Waals surface area contributed by atoms with Gasteiger partial charge in [0.15, 0.2) is 5.17 Å². The quantitative estimate of drug-likeness (QED) is 0.760. The van der Waals surface area contributed by atoms with Crippen LogP contribution in [0.1, 0.15) is 72.1 Å². The van der Waals surface area contributed by atoms with Gasteiger partial charge >= 0.3 is 0 Å². The van der Waals surface area contributed by atoms with Crippen LogP contribution in [0.25, 0.3) is 0 Å². The van der Waals surface area contributed by atoms with Crippen LogP contribution in [-0.2, 0) is 0 Å². The minimum Gasteiger partial charge on any atom is -0.362 e. The minimum atomic E-state index is 0.300. The van der Waals surface area contributed by atoms with E-state index < -0.39 is 0 Å². The Hall–Kier alpha value is -0.180. The van der Waals surface area contributed by atoms with E-state index in [0.29, 0.717) is 17.5 Å². The summed E-state index contributed by atoms with van der Waals surface area (Å²) in [6.45, 7) is 6.93.